The minimum atomic E-state index is -0.567. The molecule has 0 aliphatic carbocycles. The fourth-order valence-corrected chi connectivity index (χ4v) is 3.65. The topological polar surface area (TPSA) is 84.5 Å². The van der Waals surface area contributed by atoms with E-state index in [1.54, 1.807) is 38.1 Å². The molecule has 1 amide bonds. The van der Waals surface area contributed by atoms with E-state index in [1.165, 1.54) is 6.92 Å². The smallest absolute Gasteiger partial charge is 0.341 e. The maximum Gasteiger partial charge on any atom is 0.341 e. The van der Waals surface area contributed by atoms with Crippen LogP contribution in [0.4, 0.5) is 10.7 Å². The van der Waals surface area contributed by atoms with Gasteiger partial charge in [0.25, 0.3) is 0 Å². The van der Waals surface area contributed by atoms with Gasteiger partial charge in [-0.15, -0.1) is 11.3 Å². The second-order valence-electron chi connectivity index (χ2n) is 5.42. The number of carbonyl (C=O) groups excluding carboxylic acids is 3. The number of halogens is 1. The van der Waals surface area contributed by atoms with Crippen LogP contribution in [0.2, 0.25) is 5.02 Å². The molecule has 2 aromatic rings. The Kier molecular flexibility index (Phi) is 6.76. The van der Waals surface area contributed by atoms with Crippen LogP contribution in [0.25, 0.3) is 0 Å². The molecule has 26 heavy (non-hydrogen) atoms. The molecule has 1 aromatic carbocycles. The molecule has 1 heterocycles. The Balaban J connectivity index is 2.18. The lowest BCUT2D eigenvalue weighted by Gasteiger charge is -2.09. The average molecular weight is 395 g/mol. The predicted octanol–water partition coefficient (Wildman–Crippen LogP) is 4.14. The fourth-order valence-electron chi connectivity index (χ4n) is 2.34. The molecule has 0 saturated heterocycles. The van der Waals surface area contributed by atoms with Gasteiger partial charge in [0.2, 0.25) is 5.91 Å². The van der Waals surface area contributed by atoms with Gasteiger partial charge in [0, 0.05) is 0 Å². The molecule has 0 bridgehead atoms. The number of Topliss-reactive ketones (excluding diaryl/α,β-unsaturated/α-hetero) is 1. The van der Waals surface area contributed by atoms with Gasteiger partial charge in [0.1, 0.15) is 5.00 Å². The first-order valence-corrected chi connectivity index (χ1v) is 9.14. The van der Waals surface area contributed by atoms with Gasteiger partial charge in [0.15, 0.2) is 5.78 Å². The second kappa shape index (κ2) is 8.82. The van der Waals surface area contributed by atoms with Gasteiger partial charge in [-0.3, -0.25) is 9.59 Å². The van der Waals surface area contributed by atoms with E-state index >= 15 is 0 Å². The number of rotatable bonds is 7. The number of ketones is 1. The molecule has 2 N–H and O–H groups in total. The predicted molar refractivity (Wildman–Crippen MR) is 104 cm³/mol. The lowest BCUT2D eigenvalue weighted by atomic mass is 10.1. The first kappa shape index (κ1) is 19.9. The molecule has 0 spiro atoms. The zero-order valence-electron chi connectivity index (χ0n) is 14.6. The number of anilines is 2. The van der Waals surface area contributed by atoms with Crippen molar-refractivity contribution in [3.05, 3.63) is 45.3 Å². The third-order valence-corrected chi connectivity index (χ3v) is 5.15. The summed E-state index contributed by atoms with van der Waals surface area (Å²) in [6.07, 6.45) is 0. The van der Waals surface area contributed by atoms with Gasteiger partial charge < -0.3 is 15.4 Å². The number of amides is 1. The summed E-state index contributed by atoms with van der Waals surface area (Å²) in [6, 6.07) is 7.05. The van der Waals surface area contributed by atoms with Crippen molar-refractivity contribution in [3.63, 3.8) is 0 Å². The van der Waals surface area contributed by atoms with E-state index in [0.29, 0.717) is 26.2 Å². The van der Waals surface area contributed by atoms with Crippen LogP contribution in [0, 0.1) is 6.92 Å². The first-order valence-electron chi connectivity index (χ1n) is 7.94. The Morgan fingerprint density at radius 3 is 2.54 bits per heavy atom. The number of nitrogens with one attached hydrogen (secondary N) is 2. The van der Waals surface area contributed by atoms with Crippen LogP contribution in [-0.2, 0) is 9.53 Å². The van der Waals surface area contributed by atoms with Crippen LogP contribution in [-0.4, -0.2) is 30.8 Å². The average Bonchev–Trinajstić information content (AvgIpc) is 2.90. The van der Waals surface area contributed by atoms with Gasteiger partial charge >= 0.3 is 5.97 Å². The summed E-state index contributed by atoms with van der Waals surface area (Å²) in [6.45, 7) is 4.93. The monoisotopic (exact) mass is 394 g/mol. The molecule has 0 radical (unpaired) electrons. The summed E-state index contributed by atoms with van der Waals surface area (Å²) < 4.78 is 5.04. The zero-order valence-corrected chi connectivity index (χ0v) is 16.2. The van der Waals surface area contributed by atoms with E-state index in [9.17, 15) is 14.4 Å². The summed E-state index contributed by atoms with van der Waals surface area (Å²) in [7, 11) is 0. The van der Waals surface area contributed by atoms with Gasteiger partial charge in [-0.1, -0.05) is 23.7 Å². The highest BCUT2D eigenvalue weighted by Gasteiger charge is 2.25. The molecule has 0 saturated carbocycles. The number of hydrogen-bond donors (Lipinski definition) is 2. The van der Waals surface area contributed by atoms with Gasteiger partial charge in [-0.25, -0.2) is 4.79 Å². The summed E-state index contributed by atoms with van der Waals surface area (Å²) in [5, 5.41) is 6.41. The van der Waals surface area contributed by atoms with Crippen molar-refractivity contribution >= 4 is 51.3 Å². The standard InChI is InChI=1S/C18H19ClN2O4S/c1-4-25-18(24)15-10(2)16(11(3)22)26-17(15)21-14(23)9-20-13-8-6-5-7-12(13)19/h5-8,20H,4,9H2,1-3H3,(H,21,23). The molecule has 0 aliphatic heterocycles. The lowest BCUT2D eigenvalue weighted by molar-refractivity contribution is -0.114. The molecule has 8 heteroatoms. The lowest BCUT2D eigenvalue weighted by Crippen LogP contribution is -2.22. The van der Waals surface area contributed by atoms with Crippen LogP contribution in [0.5, 0.6) is 0 Å². The molecular weight excluding hydrogens is 376 g/mol. The van der Waals surface area contributed by atoms with Crippen molar-refractivity contribution in [2.45, 2.75) is 20.8 Å². The van der Waals surface area contributed by atoms with Crippen molar-refractivity contribution in [2.75, 3.05) is 23.8 Å². The number of benzene rings is 1. The molecule has 1 aromatic heterocycles. The number of ether oxygens (including phenoxy) is 1. The molecule has 0 aliphatic rings. The van der Waals surface area contributed by atoms with Crippen LogP contribution >= 0.6 is 22.9 Å². The summed E-state index contributed by atoms with van der Waals surface area (Å²) in [4.78, 5) is 36.7. The van der Waals surface area contributed by atoms with E-state index in [1.807, 2.05) is 0 Å². The Labute approximate surface area is 160 Å². The van der Waals surface area contributed by atoms with Gasteiger partial charge in [-0.2, -0.15) is 0 Å². The van der Waals surface area contributed by atoms with E-state index in [0.717, 1.165) is 11.3 Å². The van der Waals surface area contributed by atoms with Crippen LogP contribution in [0.3, 0.4) is 0 Å². The fraction of sp³-hybridized carbons (Fsp3) is 0.278. The van der Waals surface area contributed by atoms with E-state index in [-0.39, 0.29) is 30.4 Å². The van der Waals surface area contributed by atoms with Crippen LogP contribution in [0.1, 0.15) is 39.4 Å². The largest absolute Gasteiger partial charge is 0.462 e. The van der Waals surface area contributed by atoms with Crippen LogP contribution < -0.4 is 10.6 Å². The number of carbonyl (C=O) groups is 3. The molecule has 6 nitrogen and oxygen atoms in total. The Morgan fingerprint density at radius 2 is 1.92 bits per heavy atom. The highest BCUT2D eigenvalue weighted by molar-refractivity contribution is 7.18. The minimum Gasteiger partial charge on any atom is -0.462 e. The molecule has 0 fully saturated rings. The Morgan fingerprint density at radius 1 is 1.23 bits per heavy atom. The number of para-hydroxylation sites is 1. The van der Waals surface area contributed by atoms with Crippen molar-refractivity contribution in [3.8, 4) is 0 Å². The van der Waals surface area contributed by atoms with Crippen molar-refractivity contribution < 1.29 is 19.1 Å². The van der Waals surface area contributed by atoms with Crippen LogP contribution in [0.15, 0.2) is 24.3 Å². The normalized spacial score (nSPS) is 10.3. The van der Waals surface area contributed by atoms with Crippen molar-refractivity contribution in [2.24, 2.45) is 0 Å². The number of thiophene rings is 1. The SMILES string of the molecule is CCOC(=O)c1c(NC(=O)CNc2ccccc2Cl)sc(C(C)=O)c1C. The van der Waals surface area contributed by atoms with E-state index in [2.05, 4.69) is 10.6 Å². The van der Waals surface area contributed by atoms with Gasteiger partial charge in [0.05, 0.1) is 34.3 Å². The third-order valence-electron chi connectivity index (χ3n) is 3.51. The molecule has 138 valence electrons. The Bertz CT molecular complexity index is 848. The summed E-state index contributed by atoms with van der Waals surface area (Å²) in [5.74, 6) is -1.11. The quantitative estimate of drug-likeness (QED) is 0.544. The van der Waals surface area contributed by atoms with E-state index in [4.69, 9.17) is 16.3 Å². The maximum absolute atomic E-state index is 12.3. The zero-order chi connectivity index (χ0) is 19.3. The van der Waals surface area contributed by atoms with E-state index < -0.39 is 5.97 Å². The molecule has 0 unspecified atom stereocenters. The number of esters is 1. The second-order valence-corrected chi connectivity index (χ2v) is 6.85. The molecule has 0 atom stereocenters. The highest BCUT2D eigenvalue weighted by Crippen LogP contribution is 2.34. The maximum atomic E-state index is 12.3. The number of hydrogen-bond acceptors (Lipinski definition) is 6. The van der Waals surface area contributed by atoms with Crippen molar-refractivity contribution in [1.82, 2.24) is 0 Å². The first-order chi connectivity index (χ1) is 12.3. The summed E-state index contributed by atoms with van der Waals surface area (Å²) in [5.41, 5.74) is 1.35. The third kappa shape index (κ3) is 4.62. The van der Waals surface area contributed by atoms with Crippen molar-refractivity contribution in [1.29, 1.82) is 0 Å². The Hall–Kier alpha value is -2.38. The van der Waals surface area contributed by atoms with Gasteiger partial charge in [-0.05, 0) is 38.5 Å². The minimum absolute atomic E-state index is 0.0433. The molecular formula is C18H19ClN2O4S. The highest BCUT2D eigenvalue weighted by atomic mass is 35.5. The summed E-state index contributed by atoms with van der Waals surface area (Å²) >= 11 is 7.10. The molecule has 2 rings (SSSR count).